The Labute approximate surface area is 131 Å². The topological polar surface area (TPSA) is 50.3 Å². The van der Waals surface area contributed by atoms with Gasteiger partial charge < -0.3 is 0 Å². The van der Waals surface area contributed by atoms with Crippen LogP contribution < -0.4 is 4.31 Å². The first-order chi connectivity index (χ1) is 10.5. The Hall–Kier alpha value is -1.88. The van der Waals surface area contributed by atoms with E-state index in [-0.39, 0.29) is 11.7 Å². The zero-order valence-electron chi connectivity index (χ0n) is 12.9. The van der Waals surface area contributed by atoms with Gasteiger partial charge in [0.1, 0.15) is 0 Å². The van der Waals surface area contributed by atoms with Crippen LogP contribution in [0.25, 0.3) is 11.1 Å². The number of rotatable bonds is 4. The van der Waals surface area contributed by atoms with E-state index in [9.17, 15) is 8.42 Å². The van der Waals surface area contributed by atoms with E-state index in [1.54, 1.807) is 16.7 Å². The van der Waals surface area contributed by atoms with Crippen LogP contribution in [0.1, 0.15) is 19.4 Å². The van der Waals surface area contributed by atoms with E-state index in [0.29, 0.717) is 6.54 Å². The van der Waals surface area contributed by atoms with Crippen LogP contribution in [0.15, 0.2) is 42.7 Å². The van der Waals surface area contributed by atoms with E-state index < -0.39 is 10.0 Å². The summed E-state index contributed by atoms with van der Waals surface area (Å²) < 4.78 is 26.5. The molecule has 5 heteroatoms. The highest BCUT2D eigenvalue weighted by Crippen LogP contribution is 2.34. The van der Waals surface area contributed by atoms with Crippen molar-refractivity contribution < 1.29 is 8.42 Å². The fourth-order valence-electron chi connectivity index (χ4n) is 2.90. The zero-order chi connectivity index (χ0) is 15.7. The lowest BCUT2D eigenvalue weighted by Crippen LogP contribution is -2.32. The third-order valence-electron chi connectivity index (χ3n) is 3.83. The van der Waals surface area contributed by atoms with Crippen molar-refractivity contribution in [3.05, 3.63) is 48.3 Å². The van der Waals surface area contributed by atoms with E-state index in [2.05, 4.69) is 11.1 Å². The minimum Gasteiger partial charge on any atom is -0.270 e. The maximum atomic E-state index is 12.5. The molecule has 2 aromatic rings. The molecule has 0 saturated heterocycles. The molecule has 0 N–H and O–H groups in total. The maximum Gasteiger partial charge on any atom is 0.235 e. The molecule has 1 aliphatic heterocycles. The monoisotopic (exact) mass is 316 g/mol. The summed E-state index contributed by atoms with van der Waals surface area (Å²) in [6, 6.07) is 9.93. The van der Waals surface area contributed by atoms with Gasteiger partial charge in [-0.3, -0.25) is 9.29 Å². The Bertz CT molecular complexity index is 771. The minimum atomic E-state index is -3.23. The molecular weight excluding hydrogens is 296 g/mol. The summed E-state index contributed by atoms with van der Waals surface area (Å²) in [5.74, 6) is 0.323. The Morgan fingerprint density at radius 1 is 1.14 bits per heavy atom. The first-order valence-corrected chi connectivity index (χ1v) is 9.12. The average molecular weight is 316 g/mol. The fraction of sp³-hybridized carbons (Fsp3) is 0.353. The number of anilines is 1. The Morgan fingerprint density at radius 3 is 2.55 bits per heavy atom. The summed E-state index contributed by atoms with van der Waals surface area (Å²) in [5, 5.41) is 0. The van der Waals surface area contributed by atoms with E-state index >= 15 is 0 Å². The van der Waals surface area contributed by atoms with E-state index in [1.807, 2.05) is 38.1 Å². The highest BCUT2D eigenvalue weighted by molar-refractivity contribution is 7.92. The molecule has 0 saturated carbocycles. The predicted molar refractivity (Wildman–Crippen MR) is 89.3 cm³/mol. The fourth-order valence-corrected chi connectivity index (χ4v) is 4.77. The molecule has 22 heavy (non-hydrogen) atoms. The summed E-state index contributed by atoms with van der Waals surface area (Å²) in [6.45, 7) is 4.41. The molecule has 0 unspecified atom stereocenters. The van der Waals surface area contributed by atoms with Gasteiger partial charge in [-0.2, -0.15) is 0 Å². The van der Waals surface area contributed by atoms with Crippen molar-refractivity contribution in [2.24, 2.45) is 5.92 Å². The second kappa shape index (κ2) is 5.72. The Balaban J connectivity index is 1.94. The highest BCUT2D eigenvalue weighted by atomic mass is 32.2. The number of aromatic nitrogens is 1. The van der Waals surface area contributed by atoms with Crippen LogP contribution >= 0.6 is 0 Å². The predicted octanol–water partition coefficient (Wildman–Crippen LogP) is 3.10. The highest BCUT2D eigenvalue weighted by Gasteiger charge is 2.29. The number of hydrogen-bond donors (Lipinski definition) is 0. The van der Waals surface area contributed by atoms with Crippen molar-refractivity contribution >= 4 is 15.7 Å². The zero-order valence-corrected chi connectivity index (χ0v) is 13.7. The standard InChI is InChI=1S/C17H20N2O2S/c1-13(2)12-22(20,21)19-10-7-16-11-15(3-4-17(16)19)14-5-8-18-9-6-14/h3-6,8-9,11,13H,7,10,12H2,1-2H3. The number of fused-ring (bicyclic) bond motifs is 1. The first kappa shape index (κ1) is 15.0. The van der Waals surface area contributed by atoms with Crippen LogP contribution in [0.5, 0.6) is 0 Å². The number of hydrogen-bond acceptors (Lipinski definition) is 3. The molecule has 0 aliphatic carbocycles. The summed E-state index contributed by atoms with van der Waals surface area (Å²) in [4.78, 5) is 4.03. The molecule has 0 radical (unpaired) electrons. The van der Waals surface area contributed by atoms with Crippen molar-refractivity contribution in [3.8, 4) is 11.1 Å². The van der Waals surface area contributed by atoms with Gasteiger partial charge in [-0.25, -0.2) is 8.42 Å². The Morgan fingerprint density at radius 2 is 1.86 bits per heavy atom. The molecule has 0 atom stereocenters. The summed E-state index contributed by atoms with van der Waals surface area (Å²) in [7, 11) is -3.23. The lowest BCUT2D eigenvalue weighted by atomic mass is 10.0. The van der Waals surface area contributed by atoms with Gasteiger partial charge in [0, 0.05) is 18.9 Å². The van der Waals surface area contributed by atoms with Crippen LogP contribution in [0, 0.1) is 5.92 Å². The molecule has 3 rings (SSSR count). The van der Waals surface area contributed by atoms with Crippen LogP contribution in [-0.4, -0.2) is 25.7 Å². The number of nitrogens with zero attached hydrogens (tertiary/aromatic N) is 2. The van der Waals surface area contributed by atoms with Gasteiger partial charge >= 0.3 is 0 Å². The maximum absolute atomic E-state index is 12.5. The summed E-state index contributed by atoms with van der Waals surface area (Å²) in [5.41, 5.74) is 4.13. The van der Waals surface area contributed by atoms with E-state index in [0.717, 1.165) is 28.8 Å². The average Bonchev–Trinajstić information content (AvgIpc) is 2.90. The lowest BCUT2D eigenvalue weighted by molar-refractivity contribution is 0.578. The summed E-state index contributed by atoms with van der Waals surface area (Å²) in [6.07, 6.45) is 4.30. The van der Waals surface area contributed by atoms with Gasteiger partial charge in [0.2, 0.25) is 10.0 Å². The minimum absolute atomic E-state index is 0.130. The van der Waals surface area contributed by atoms with Crippen LogP contribution in [0.3, 0.4) is 0 Å². The normalized spacial score (nSPS) is 14.4. The van der Waals surface area contributed by atoms with Crippen LogP contribution in [0.4, 0.5) is 5.69 Å². The molecule has 1 aromatic carbocycles. The van der Waals surface area contributed by atoms with Gasteiger partial charge in [-0.05, 0) is 53.3 Å². The molecule has 0 amide bonds. The molecule has 0 fully saturated rings. The van der Waals surface area contributed by atoms with Crippen molar-refractivity contribution in [2.45, 2.75) is 20.3 Å². The van der Waals surface area contributed by atoms with Gasteiger partial charge in [0.15, 0.2) is 0 Å². The number of benzene rings is 1. The molecule has 116 valence electrons. The molecule has 4 nitrogen and oxygen atoms in total. The van der Waals surface area contributed by atoms with Crippen molar-refractivity contribution in [3.63, 3.8) is 0 Å². The molecule has 1 aromatic heterocycles. The van der Waals surface area contributed by atoms with Crippen molar-refractivity contribution in [1.82, 2.24) is 4.98 Å². The van der Waals surface area contributed by atoms with Gasteiger partial charge in [-0.1, -0.05) is 19.9 Å². The first-order valence-electron chi connectivity index (χ1n) is 7.51. The van der Waals surface area contributed by atoms with E-state index in [1.165, 1.54) is 0 Å². The second-order valence-electron chi connectivity index (χ2n) is 6.07. The van der Waals surface area contributed by atoms with Crippen LogP contribution in [-0.2, 0) is 16.4 Å². The van der Waals surface area contributed by atoms with Gasteiger partial charge in [0.25, 0.3) is 0 Å². The quantitative estimate of drug-likeness (QED) is 0.871. The lowest BCUT2D eigenvalue weighted by Gasteiger charge is -2.21. The third kappa shape index (κ3) is 2.86. The molecule has 0 spiro atoms. The van der Waals surface area contributed by atoms with Gasteiger partial charge in [0.05, 0.1) is 11.4 Å². The van der Waals surface area contributed by atoms with Crippen LogP contribution in [0.2, 0.25) is 0 Å². The van der Waals surface area contributed by atoms with Crippen molar-refractivity contribution in [1.29, 1.82) is 0 Å². The Kier molecular flexibility index (Phi) is 3.91. The SMILES string of the molecule is CC(C)CS(=O)(=O)N1CCc2cc(-c3ccncc3)ccc21. The second-order valence-corrected chi connectivity index (χ2v) is 8.01. The van der Waals surface area contributed by atoms with Crippen molar-refractivity contribution in [2.75, 3.05) is 16.6 Å². The molecule has 1 aliphatic rings. The molecular formula is C17H20N2O2S. The third-order valence-corrected chi connectivity index (χ3v) is 5.96. The summed E-state index contributed by atoms with van der Waals surface area (Å²) >= 11 is 0. The molecule has 2 heterocycles. The smallest absolute Gasteiger partial charge is 0.235 e. The number of sulfonamides is 1. The largest absolute Gasteiger partial charge is 0.270 e. The van der Waals surface area contributed by atoms with Gasteiger partial charge in [-0.15, -0.1) is 0 Å². The van der Waals surface area contributed by atoms with E-state index in [4.69, 9.17) is 0 Å². The molecule has 0 bridgehead atoms. The number of pyridine rings is 1.